The maximum atomic E-state index is 12.7. The minimum atomic E-state index is 0.0769. The molecule has 1 aliphatic rings. The van der Waals surface area contributed by atoms with Crippen molar-refractivity contribution in [3.63, 3.8) is 0 Å². The molecule has 1 aromatic heterocycles. The number of amides is 1. The number of rotatable bonds is 3. The molecule has 0 bridgehead atoms. The Labute approximate surface area is 163 Å². The van der Waals surface area contributed by atoms with Crippen LogP contribution in [0.25, 0.3) is 10.2 Å². The van der Waals surface area contributed by atoms with Crippen molar-refractivity contribution in [2.45, 2.75) is 13.8 Å². The van der Waals surface area contributed by atoms with E-state index in [9.17, 15) is 4.79 Å². The standard InChI is InChI=1S/C21H23N3O2S/c1-14-12-15(2)19-18(13-14)27-21(22-19)24-10-8-23(9-11-24)20(25)16-4-6-17(26-3)7-5-16/h4-7,12-13H,8-11H2,1-3H3. The molecular weight excluding hydrogens is 358 g/mol. The van der Waals surface area contributed by atoms with Crippen molar-refractivity contribution in [3.8, 4) is 5.75 Å². The van der Waals surface area contributed by atoms with E-state index in [1.54, 1.807) is 18.4 Å². The molecule has 1 saturated heterocycles. The predicted octanol–water partition coefficient (Wildman–Crippen LogP) is 3.88. The van der Waals surface area contributed by atoms with E-state index in [2.05, 4.69) is 30.9 Å². The first kappa shape index (κ1) is 17.8. The van der Waals surface area contributed by atoms with E-state index in [0.717, 1.165) is 29.5 Å². The summed E-state index contributed by atoms with van der Waals surface area (Å²) >= 11 is 1.74. The molecule has 0 saturated carbocycles. The second-order valence-corrected chi connectivity index (χ2v) is 7.94. The molecule has 5 nitrogen and oxygen atoms in total. The summed E-state index contributed by atoms with van der Waals surface area (Å²) in [5.74, 6) is 0.839. The number of methoxy groups -OCH3 is 1. The molecule has 1 aliphatic heterocycles. The quantitative estimate of drug-likeness (QED) is 0.691. The number of aromatic nitrogens is 1. The van der Waals surface area contributed by atoms with Gasteiger partial charge in [-0.3, -0.25) is 4.79 Å². The lowest BCUT2D eigenvalue weighted by Crippen LogP contribution is -2.48. The molecule has 140 valence electrons. The molecule has 0 aliphatic carbocycles. The van der Waals surface area contributed by atoms with Gasteiger partial charge in [0.1, 0.15) is 5.75 Å². The summed E-state index contributed by atoms with van der Waals surface area (Å²) in [4.78, 5) is 21.8. The first-order valence-electron chi connectivity index (χ1n) is 9.11. The highest BCUT2D eigenvalue weighted by Crippen LogP contribution is 2.32. The van der Waals surface area contributed by atoms with Crippen molar-refractivity contribution in [1.29, 1.82) is 0 Å². The lowest BCUT2D eigenvalue weighted by Gasteiger charge is -2.34. The van der Waals surface area contributed by atoms with Gasteiger partial charge in [-0.25, -0.2) is 4.98 Å². The van der Waals surface area contributed by atoms with Gasteiger partial charge in [-0.1, -0.05) is 17.4 Å². The molecule has 2 heterocycles. The minimum absolute atomic E-state index is 0.0769. The Kier molecular flexibility index (Phi) is 4.74. The Balaban J connectivity index is 1.45. The highest BCUT2D eigenvalue weighted by Gasteiger charge is 2.24. The van der Waals surface area contributed by atoms with Crippen molar-refractivity contribution >= 4 is 32.6 Å². The summed E-state index contributed by atoms with van der Waals surface area (Å²) < 4.78 is 6.40. The molecule has 3 aromatic rings. The van der Waals surface area contributed by atoms with Crippen molar-refractivity contribution in [2.24, 2.45) is 0 Å². The average Bonchev–Trinajstić information content (AvgIpc) is 3.12. The van der Waals surface area contributed by atoms with Crippen LogP contribution in [0.15, 0.2) is 36.4 Å². The normalized spacial score (nSPS) is 14.6. The molecule has 0 atom stereocenters. The molecular formula is C21H23N3O2S. The number of aryl methyl sites for hydroxylation is 2. The van der Waals surface area contributed by atoms with E-state index in [1.807, 2.05) is 29.2 Å². The topological polar surface area (TPSA) is 45.7 Å². The maximum absolute atomic E-state index is 12.7. The van der Waals surface area contributed by atoms with Crippen LogP contribution >= 0.6 is 11.3 Å². The number of fused-ring (bicyclic) bond motifs is 1. The van der Waals surface area contributed by atoms with Gasteiger partial charge in [-0.15, -0.1) is 0 Å². The Morgan fingerprint density at radius 2 is 1.78 bits per heavy atom. The summed E-state index contributed by atoms with van der Waals surface area (Å²) in [6, 6.07) is 11.7. The molecule has 0 radical (unpaired) electrons. The number of hydrogen-bond acceptors (Lipinski definition) is 5. The van der Waals surface area contributed by atoms with Gasteiger partial charge in [0, 0.05) is 31.7 Å². The predicted molar refractivity (Wildman–Crippen MR) is 110 cm³/mol. The van der Waals surface area contributed by atoms with Gasteiger partial charge in [0.15, 0.2) is 5.13 Å². The number of carbonyl (C=O) groups is 1. The first-order valence-corrected chi connectivity index (χ1v) is 9.93. The summed E-state index contributed by atoms with van der Waals surface area (Å²) in [7, 11) is 1.63. The Hall–Kier alpha value is -2.60. The number of anilines is 1. The molecule has 0 unspecified atom stereocenters. The fourth-order valence-electron chi connectivity index (χ4n) is 3.51. The van der Waals surface area contributed by atoms with E-state index in [0.29, 0.717) is 18.7 Å². The maximum Gasteiger partial charge on any atom is 0.253 e. The van der Waals surface area contributed by atoms with Crippen LogP contribution in [-0.2, 0) is 0 Å². The van der Waals surface area contributed by atoms with Crippen LogP contribution in [0.3, 0.4) is 0 Å². The second-order valence-electron chi connectivity index (χ2n) is 6.93. The van der Waals surface area contributed by atoms with Crippen LogP contribution in [0.2, 0.25) is 0 Å². The van der Waals surface area contributed by atoms with E-state index in [4.69, 9.17) is 9.72 Å². The van der Waals surface area contributed by atoms with Crippen molar-refractivity contribution < 1.29 is 9.53 Å². The van der Waals surface area contributed by atoms with Crippen molar-refractivity contribution in [3.05, 3.63) is 53.1 Å². The molecule has 4 rings (SSSR count). The highest BCUT2D eigenvalue weighted by atomic mass is 32.1. The second kappa shape index (κ2) is 7.19. The van der Waals surface area contributed by atoms with Crippen LogP contribution in [0, 0.1) is 13.8 Å². The molecule has 0 spiro atoms. The van der Waals surface area contributed by atoms with Crippen LogP contribution in [-0.4, -0.2) is 49.1 Å². The Morgan fingerprint density at radius 1 is 1.07 bits per heavy atom. The van der Waals surface area contributed by atoms with Gasteiger partial charge in [0.2, 0.25) is 0 Å². The van der Waals surface area contributed by atoms with Crippen LogP contribution in [0.5, 0.6) is 5.75 Å². The largest absolute Gasteiger partial charge is 0.497 e. The lowest BCUT2D eigenvalue weighted by atomic mass is 10.1. The minimum Gasteiger partial charge on any atom is -0.497 e. The summed E-state index contributed by atoms with van der Waals surface area (Å²) in [5, 5.41) is 1.05. The number of benzene rings is 2. The van der Waals surface area contributed by atoms with Gasteiger partial charge in [-0.05, 0) is 55.3 Å². The fraction of sp³-hybridized carbons (Fsp3) is 0.333. The summed E-state index contributed by atoms with van der Waals surface area (Å²) in [6.07, 6.45) is 0. The molecule has 0 N–H and O–H groups in total. The Morgan fingerprint density at radius 3 is 2.44 bits per heavy atom. The Bertz CT molecular complexity index is 973. The zero-order valence-electron chi connectivity index (χ0n) is 15.9. The number of hydrogen-bond donors (Lipinski definition) is 0. The number of carbonyl (C=O) groups excluding carboxylic acids is 1. The summed E-state index contributed by atoms with van der Waals surface area (Å²) in [6.45, 7) is 7.26. The van der Waals surface area contributed by atoms with Gasteiger partial charge in [0.25, 0.3) is 5.91 Å². The fourth-order valence-corrected chi connectivity index (χ4v) is 4.70. The SMILES string of the molecule is COc1ccc(C(=O)N2CCN(c3nc4c(C)cc(C)cc4s3)CC2)cc1. The third kappa shape index (κ3) is 3.49. The molecule has 1 fully saturated rings. The monoisotopic (exact) mass is 381 g/mol. The number of nitrogens with zero attached hydrogens (tertiary/aromatic N) is 3. The molecule has 1 amide bonds. The first-order chi connectivity index (χ1) is 13.0. The van der Waals surface area contributed by atoms with Crippen molar-refractivity contribution in [1.82, 2.24) is 9.88 Å². The van der Waals surface area contributed by atoms with Crippen LogP contribution in [0.1, 0.15) is 21.5 Å². The third-order valence-electron chi connectivity index (χ3n) is 4.99. The number of thiazole rings is 1. The van der Waals surface area contributed by atoms with Crippen LogP contribution < -0.4 is 9.64 Å². The summed E-state index contributed by atoms with van der Waals surface area (Å²) in [5.41, 5.74) is 4.29. The third-order valence-corrected chi connectivity index (χ3v) is 6.06. The highest BCUT2D eigenvalue weighted by molar-refractivity contribution is 7.22. The van der Waals surface area contributed by atoms with E-state index >= 15 is 0 Å². The van der Waals surface area contributed by atoms with Gasteiger partial charge in [0.05, 0.1) is 17.3 Å². The van der Waals surface area contributed by atoms with Crippen molar-refractivity contribution in [2.75, 3.05) is 38.2 Å². The molecule has 2 aromatic carbocycles. The average molecular weight is 382 g/mol. The van der Waals surface area contributed by atoms with Gasteiger partial charge >= 0.3 is 0 Å². The number of piperazine rings is 1. The van der Waals surface area contributed by atoms with Gasteiger partial charge < -0.3 is 14.5 Å². The van der Waals surface area contributed by atoms with Crippen LogP contribution in [0.4, 0.5) is 5.13 Å². The van der Waals surface area contributed by atoms with E-state index in [1.165, 1.54) is 15.8 Å². The zero-order valence-corrected chi connectivity index (χ0v) is 16.7. The molecule has 27 heavy (non-hydrogen) atoms. The smallest absolute Gasteiger partial charge is 0.253 e. The lowest BCUT2D eigenvalue weighted by molar-refractivity contribution is 0.0746. The van der Waals surface area contributed by atoms with Gasteiger partial charge in [-0.2, -0.15) is 0 Å². The number of ether oxygens (including phenoxy) is 1. The molecule has 6 heteroatoms. The van der Waals surface area contributed by atoms with E-state index in [-0.39, 0.29) is 5.91 Å². The zero-order chi connectivity index (χ0) is 19.0. The van der Waals surface area contributed by atoms with E-state index < -0.39 is 0 Å².